The van der Waals surface area contributed by atoms with Gasteiger partial charge in [0.1, 0.15) is 11.5 Å². The highest BCUT2D eigenvalue weighted by atomic mass is 35.5. The van der Waals surface area contributed by atoms with Crippen LogP contribution < -0.4 is 9.64 Å². The number of hydrogen-bond donors (Lipinski definition) is 1. The highest BCUT2D eigenvalue weighted by molar-refractivity contribution is 8.27. The molecule has 1 amide bonds. The van der Waals surface area contributed by atoms with Crippen molar-refractivity contribution in [2.45, 2.75) is 20.3 Å². The molecule has 0 aliphatic carbocycles. The standard InChI is InChI=1S/C23H26N2O3S2.ClH/c1-3-24(4-2)14-5-15-28-20-12-8-18(9-13-20)25-22(27)21(30-23(25)29)16-17-6-10-19(26)11-7-17;/h6-13,16,26H,3-5,14-15H2,1-2H3;1H. The Bertz CT molecular complexity index is 913. The van der Waals surface area contributed by atoms with E-state index in [1.165, 1.54) is 16.7 Å². The fourth-order valence-electron chi connectivity index (χ4n) is 3.12. The van der Waals surface area contributed by atoms with E-state index in [9.17, 15) is 9.90 Å². The third-order valence-electron chi connectivity index (χ3n) is 4.86. The van der Waals surface area contributed by atoms with Crippen molar-refractivity contribution in [1.29, 1.82) is 0 Å². The van der Waals surface area contributed by atoms with Crippen LogP contribution in [0.3, 0.4) is 0 Å². The second-order valence-corrected chi connectivity index (χ2v) is 8.51. The third kappa shape index (κ3) is 6.71. The van der Waals surface area contributed by atoms with E-state index in [2.05, 4.69) is 18.7 Å². The molecule has 1 saturated heterocycles. The average molecular weight is 479 g/mol. The monoisotopic (exact) mass is 478 g/mol. The van der Waals surface area contributed by atoms with E-state index in [0.29, 0.717) is 15.8 Å². The fourth-order valence-corrected chi connectivity index (χ4v) is 4.42. The molecule has 1 heterocycles. The second-order valence-electron chi connectivity index (χ2n) is 6.83. The maximum atomic E-state index is 12.9. The Morgan fingerprint density at radius 2 is 1.74 bits per heavy atom. The molecule has 8 heteroatoms. The first-order valence-corrected chi connectivity index (χ1v) is 11.3. The maximum absolute atomic E-state index is 12.9. The van der Waals surface area contributed by atoms with Gasteiger partial charge in [-0.3, -0.25) is 9.69 Å². The first-order valence-electron chi connectivity index (χ1n) is 10.0. The summed E-state index contributed by atoms with van der Waals surface area (Å²) >= 11 is 6.70. The van der Waals surface area contributed by atoms with Crippen LogP contribution in [-0.2, 0) is 4.79 Å². The number of rotatable bonds is 9. The van der Waals surface area contributed by atoms with Gasteiger partial charge in [-0.25, -0.2) is 0 Å². The van der Waals surface area contributed by atoms with Crippen LogP contribution in [-0.4, -0.2) is 46.5 Å². The molecule has 0 radical (unpaired) electrons. The quantitative estimate of drug-likeness (QED) is 0.298. The number of hydrogen-bond acceptors (Lipinski definition) is 6. The Morgan fingerprint density at radius 3 is 2.35 bits per heavy atom. The van der Waals surface area contributed by atoms with Gasteiger partial charge in [0, 0.05) is 6.54 Å². The van der Waals surface area contributed by atoms with Crippen LogP contribution in [0.15, 0.2) is 53.4 Å². The number of anilines is 1. The van der Waals surface area contributed by atoms with E-state index in [4.69, 9.17) is 17.0 Å². The normalized spacial score (nSPS) is 14.9. The summed E-state index contributed by atoms with van der Waals surface area (Å²) in [6.45, 7) is 8.11. The van der Waals surface area contributed by atoms with Gasteiger partial charge in [0.25, 0.3) is 5.91 Å². The summed E-state index contributed by atoms with van der Waals surface area (Å²) in [6, 6.07) is 14.1. The minimum Gasteiger partial charge on any atom is -0.508 e. The van der Waals surface area contributed by atoms with Crippen LogP contribution >= 0.6 is 36.4 Å². The lowest BCUT2D eigenvalue weighted by Gasteiger charge is -2.18. The van der Waals surface area contributed by atoms with Crippen molar-refractivity contribution in [3.05, 3.63) is 59.0 Å². The molecule has 1 aliphatic heterocycles. The van der Waals surface area contributed by atoms with E-state index in [1.807, 2.05) is 24.3 Å². The fraction of sp³-hybridized carbons (Fsp3) is 0.304. The molecule has 0 aromatic heterocycles. The number of benzene rings is 2. The number of ether oxygens (including phenoxy) is 1. The molecule has 31 heavy (non-hydrogen) atoms. The molecule has 1 aliphatic rings. The second kappa shape index (κ2) is 12.1. The van der Waals surface area contributed by atoms with Crippen molar-refractivity contribution in [2.24, 2.45) is 0 Å². The summed E-state index contributed by atoms with van der Waals surface area (Å²) in [5, 5.41) is 9.41. The lowest BCUT2D eigenvalue weighted by atomic mass is 10.2. The summed E-state index contributed by atoms with van der Waals surface area (Å²) in [5.41, 5.74) is 1.56. The van der Waals surface area contributed by atoms with Crippen LogP contribution in [0.4, 0.5) is 5.69 Å². The number of thiocarbonyl (C=S) groups is 1. The molecule has 1 N–H and O–H groups in total. The van der Waals surface area contributed by atoms with Crippen LogP contribution in [0.2, 0.25) is 0 Å². The molecule has 166 valence electrons. The Hall–Kier alpha value is -2.06. The van der Waals surface area contributed by atoms with Crippen molar-refractivity contribution in [1.82, 2.24) is 4.90 Å². The Balaban J connectivity index is 0.00000341. The van der Waals surface area contributed by atoms with Crippen molar-refractivity contribution in [3.8, 4) is 11.5 Å². The zero-order valence-corrected chi connectivity index (χ0v) is 20.1. The molecule has 0 spiro atoms. The Labute approximate surface area is 199 Å². The van der Waals surface area contributed by atoms with E-state index in [0.717, 1.165) is 43.1 Å². The highest BCUT2D eigenvalue weighted by Crippen LogP contribution is 2.36. The van der Waals surface area contributed by atoms with Gasteiger partial charge in [0.15, 0.2) is 4.32 Å². The lowest BCUT2D eigenvalue weighted by molar-refractivity contribution is -0.113. The van der Waals surface area contributed by atoms with Crippen molar-refractivity contribution >= 4 is 58.4 Å². The molecule has 2 aromatic rings. The summed E-state index contributed by atoms with van der Waals surface area (Å²) in [7, 11) is 0. The smallest absolute Gasteiger partial charge is 0.270 e. The van der Waals surface area contributed by atoms with Gasteiger partial charge < -0.3 is 14.7 Å². The van der Waals surface area contributed by atoms with Gasteiger partial charge in [-0.2, -0.15) is 0 Å². The molecular weight excluding hydrogens is 452 g/mol. The molecule has 1 fully saturated rings. The molecule has 3 rings (SSSR count). The van der Waals surface area contributed by atoms with Crippen molar-refractivity contribution in [2.75, 3.05) is 31.1 Å². The Kier molecular flexibility index (Phi) is 9.84. The van der Waals surface area contributed by atoms with E-state index in [1.54, 1.807) is 30.3 Å². The largest absolute Gasteiger partial charge is 0.508 e. The van der Waals surface area contributed by atoms with Gasteiger partial charge in [-0.15, -0.1) is 12.4 Å². The number of nitrogens with zero attached hydrogens (tertiary/aromatic N) is 2. The third-order valence-corrected chi connectivity index (χ3v) is 6.16. The zero-order valence-electron chi connectivity index (χ0n) is 17.6. The summed E-state index contributed by atoms with van der Waals surface area (Å²) in [6.07, 6.45) is 2.76. The van der Waals surface area contributed by atoms with E-state index in [-0.39, 0.29) is 24.1 Å². The number of aromatic hydroxyl groups is 1. The first-order chi connectivity index (χ1) is 14.5. The minimum absolute atomic E-state index is 0. The number of halogens is 1. The molecule has 2 aromatic carbocycles. The number of carbonyl (C=O) groups excluding carboxylic acids is 1. The number of phenolic OH excluding ortho intramolecular Hbond substituents is 1. The predicted molar refractivity (Wildman–Crippen MR) is 135 cm³/mol. The minimum atomic E-state index is -0.147. The number of phenols is 1. The molecule has 5 nitrogen and oxygen atoms in total. The molecule has 0 atom stereocenters. The van der Waals surface area contributed by atoms with Gasteiger partial charge in [0.2, 0.25) is 0 Å². The molecule has 0 saturated carbocycles. The number of amides is 1. The summed E-state index contributed by atoms with van der Waals surface area (Å²) in [4.78, 5) is 17.3. The lowest BCUT2D eigenvalue weighted by Crippen LogP contribution is -2.27. The van der Waals surface area contributed by atoms with E-state index >= 15 is 0 Å². The van der Waals surface area contributed by atoms with Gasteiger partial charge in [-0.05, 0) is 67.5 Å². The van der Waals surface area contributed by atoms with Crippen LogP contribution in [0.1, 0.15) is 25.8 Å². The van der Waals surface area contributed by atoms with Gasteiger partial charge >= 0.3 is 0 Å². The Morgan fingerprint density at radius 1 is 1.10 bits per heavy atom. The van der Waals surface area contributed by atoms with Crippen LogP contribution in [0.5, 0.6) is 11.5 Å². The average Bonchev–Trinajstić information content (AvgIpc) is 3.03. The maximum Gasteiger partial charge on any atom is 0.270 e. The molecule has 0 unspecified atom stereocenters. The number of thioether (sulfide) groups is 1. The topological polar surface area (TPSA) is 53.0 Å². The number of carbonyl (C=O) groups is 1. The summed E-state index contributed by atoms with van der Waals surface area (Å²) < 4.78 is 6.32. The SMILES string of the molecule is CCN(CC)CCCOc1ccc(N2C(=O)C(=Cc3ccc(O)cc3)SC2=S)cc1.Cl. The first kappa shape index (κ1) is 25.2. The predicted octanol–water partition coefficient (Wildman–Crippen LogP) is 5.33. The van der Waals surface area contributed by atoms with Crippen molar-refractivity contribution in [3.63, 3.8) is 0 Å². The summed E-state index contributed by atoms with van der Waals surface area (Å²) in [5.74, 6) is 0.824. The van der Waals surface area contributed by atoms with E-state index < -0.39 is 0 Å². The molecule has 0 bridgehead atoms. The molecular formula is C23H27ClN2O3S2. The van der Waals surface area contributed by atoms with Gasteiger partial charge in [0.05, 0.1) is 17.2 Å². The zero-order chi connectivity index (χ0) is 21.5. The highest BCUT2D eigenvalue weighted by Gasteiger charge is 2.33. The van der Waals surface area contributed by atoms with Gasteiger partial charge in [-0.1, -0.05) is 50.0 Å². The van der Waals surface area contributed by atoms with Crippen molar-refractivity contribution < 1.29 is 14.6 Å². The van der Waals surface area contributed by atoms with Crippen LogP contribution in [0.25, 0.3) is 6.08 Å². The van der Waals surface area contributed by atoms with Crippen LogP contribution in [0, 0.1) is 0 Å².